The molecule has 0 aromatic carbocycles. The van der Waals surface area contributed by atoms with Gasteiger partial charge in [-0.3, -0.25) is 9.59 Å². The first-order chi connectivity index (χ1) is 7.99. The van der Waals surface area contributed by atoms with Gasteiger partial charge in [-0.1, -0.05) is 13.8 Å². The Labute approximate surface area is 101 Å². The second kappa shape index (κ2) is 6.18. The summed E-state index contributed by atoms with van der Waals surface area (Å²) in [6.07, 6.45) is 2.01. The van der Waals surface area contributed by atoms with Crippen LogP contribution in [0.15, 0.2) is 16.9 Å². The van der Waals surface area contributed by atoms with Crippen LogP contribution in [0.5, 0.6) is 0 Å². The van der Waals surface area contributed by atoms with Crippen molar-refractivity contribution in [2.75, 3.05) is 0 Å². The number of hydrogen-bond donors (Lipinski definition) is 2. The molecule has 2 N–H and O–H groups in total. The van der Waals surface area contributed by atoms with Crippen LogP contribution in [0.1, 0.15) is 44.1 Å². The van der Waals surface area contributed by atoms with Crippen LogP contribution in [0.2, 0.25) is 0 Å². The zero-order valence-electron chi connectivity index (χ0n) is 10.5. The van der Waals surface area contributed by atoms with Gasteiger partial charge in [0.1, 0.15) is 5.69 Å². The van der Waals surface area contributed by atoms with Crippen molar-refractivity contribution in [1.82, 2.24) is 15.5 Å². The molecular formula is C12H19N3O2. The molecule has 0 aliphatic heterocycles. The van der Waals surface area contributed by atoms with Gasteiger partial charge in [-0.2, -0.15) is 5.10 Å². The van der Waals surface area contributed by atoms with E-state index in [4.69, 9.17) is 0 Å². The molecule has 0 saturated heterocycles. The van der Waals surface area contributed by atoms with E-state index in [2.05, 4.69) is 29.4 Å². The molecule has 1 unspecified atom stereocenters. The van der Waals surface area contributed by atoms with Crippen molar-refractivity contribution in [3.8, 4) is 0 Å². The van der Waals surface area contributed by atoms with Crippen LogP contribution in [0.4, 0.5) is 0 Å². The van der Waals surface area contributed by atoms with Crippen LogP contribution in [0, 0.1) is 5.92 Å². The third-order valence-corrected chi connectivity index (χ3v) is 2.47. The second-order valence-electron chi connectivity index (χ2n) is 4.65. The molecule has 1 amide bonds. The molecule has 0 aliphatic rings. The lowest BCUT2D eigenvalue weighted by atomic mass is 10.0. The zero-order valence-corrected chi connectivity index (χ0v) is 10.5. The molecule has 5 heteroatoms. The van der Waals surface area contributed by atoms with Gasteiger partial charge in [-0.25, -0.2) is 5.10 Å². The Morgan fingerprint density at radius 3 is 2.59 bits per heavy atom. The summed E-state index contributed by atoms with van der Waals surface area (Å²) >= 11 is 0. The minimum Gasteiger partial charge on any atom is -0.348 e. The number of aromatic nitrogens is 2. The highest BCUT2D eigenvalue weighted by Crippen LogP contribution is 2.06. The minimum atomic E-state index is -0.311. The summed E-state index contributed by atoms with van der Waals surface area (Å²) in [5, 5.41) is 8.76. The summed E-state index contributed by atoms with van der Waals surface area (Å²) in [6, 6.07) is 2.82. The van der Waals surface area contributed by atoms with Crippen LogP contribution < -0.4 is 10.9 Å². The number of nitrogens with one attached hydrogen (secondary N) is 2. The molecule has 1 heterocycles. The van der Waals surface area contributed by atoms with E-state index in [0.29, 0.717) is 5.92 Å². The van der Waals surface area contributed by atoms with Crippen molar-refractivity contribution >= 4 is 5.91 Å². The lowest BCUT2D eigenvalue weighted by molar-refractivity contribution is 0.0931. The van der Waals surface area contributed by atoms with Crippen molar-refractivity contribution < 1.29 is 4.79 Å². The summed E-state index contributed by atoms with van der Waals surface area (Å²) in [5.41, 5.74) is -0.0737. The molecule has 5 nitrogen and oxygen atoms in total. The molecule has 0 bridgehead atoms. The highest BCUT2D eigenvalue weighted by Gasteiger charge is 2.11. The normalized spacial score (nSPS) is 12.5. The fourth-order valence-electron chi connectivity index (χ4n) is 1.42. The molecule has 1 atom stereocenters. The van der Waals surface area contributed by atoms with Gasteiger partial charge in [0, 0.05) is 12.1 Å². The highest BCUT2D eigenvalue weighted by atomic mass is 16.2. The number of carbonyl (C=O) groups excluding carboxylic acids is 1. The van der Waals surface area contributed by atoms with Crippen LogP contribution in [0.25, 0.3) is 0 Å². The Bertz CT molecular complexity index is 406. The third kappa shape index (κ3) is 4.80. The monoisotopic (exact) mass is 237 g/mol. The van der Waals surface area contributed by atoms with E-state index < -0.39 is 0 Å². The van der Waals surface area contributed by atoms with Gasteiger partial charge in [0.2, 0.25) is 0 Å². The zero-order chi connectivity index (χ0) is 12.8. The van der Waals surface area contributed by atoms with Gasteiger partial charge >= 0.3 is 0 Å². The molecule has 0 saturated carbocycles. The average Bonchev–Trinajstić information content (AvgIpc) is 2.27. The van der Waals surface area contributed by atoms with Crippen molar-refractivity contribution in [3.05, 3.63) is 28.2 Å². The molecule has 0 aliphatic carbocycles. The van der Waals surface area contributed by atoms with Crippen LogP contribution in [-0.2, 0) is 0 Å². The van der Waals surface area contributed by atoms with Crippen molar-refractivity contribution in [2.24, 2.45) is 5.92 Å². The van der Waals surface area contributed by atoms with E-state index in [-0.39, 0.29) is 23.2 Å². The van der Waals surface area contributed by atoms with Gasteiger partial charge in [0.05, 0.1) is 0 Å². The van der Waals surface area contributed by atoms with Gasteiger partial charge < -0.3 is 5.32 Å². The Morgan fingerprint density at radius 2 is 2.06 bits per heavy atom. The number of amides is 1. The number of carbonyl (C=O) groups is 1. The van der Waals surface area contributed by atoms with Crippen molar-refractivity contribution in [2.45, 2.75) is 39.7 Å². The maximum absolute atomic E-state index is 11.7. The summed E-state index contributed by atoms with van der Waals surface area (Å²) in [5.74, 6) is 0.373. The van der Waals surface area contributed by atoms with Crippen LogP contribution in [-0.4, -0.2) is 22.1 Å². The summed E-state index contributed by atoms with van der Waals surface area (Å²) in [4.78, 5) is 22.5. The molecule has 0 spiro atoms. The predicted molar refractivity (Wildman–Crippen MR) is 65.9 cm³/mol. The SMILES string of the molecule is CC(C)CCC(C)NC(=O)c1ccc(=O)[nH]n1. The third-order valence-electron chi connectivity index (χ3n) is 2.47. The fourth-order valence-corrected chi connectivity index (χ4v) is 1.42. The molecule has 0 radical (unpaired) electrons. The molecule has 1 rings (SSSR count). The van der Waals surface area contributed by atoms with Crippen LogP contribution >= 0.6 is 0 Å². The Hall–Kier alpha value is -1.65. The molecule has 94 valence electrons. The largest absolute Gasteiger partial charge is 0.348 e. The lowest BCUT2D eigenvalue weighted by Crippen LogP contribution is -2.33. The number of aromatic amines is 1. The van der Waals surface area contributed by atoms with E-state index in [0.717, 1.165) is 12.8 Å². The first-order valence-corrected chi connectivity index (χ1v) is 5.85. The Morgan fingerprint density at radius 1 is 1.35 bits per heavy atom. The minimum absolute atomic E-state index is 0.110. The van der Waals surface area contributed by atoms with E-state index in [1.165, 1.54) is 12.1 Å². The number of H-pyrrole nitrogens is 1. The molecule has 1 aromatic heterocycles. The van der Waals surface area contributed by atoms with Gasteiger partial charge in [0.25, 0.3) is 11.5 Å². The highest BCUT2D eigenvalue weighted by molar-refractivity contribution is 5.92. The standard InChI is InChI=1S/C12H19N3O2/c1-8(2)4-5-9(3)13-12(17)10-6-7-11(16)15-14-10/h6-9H,4-5H2,1-3H3,(H,13,17)(H,15,16). The maximum Gasteiger partial charge on any atom is 0.271 e. The molecule has 0 fully saturated rings. The van der Waals surface area contributed by atoms with Gasteiger partial charge in [-0.15, -0.1) is 0 Å². The molecular weight excluding hydrogens is 218 g/mol. The van der Waals surface area contributed by atoms with E-state index in [9.17, 15) is 9.59 Å². The quantitative estimate of drug-likeness (QED) is 0.811. The number of rotatable bonds is 5. The fraction of sp³-hybridized carbons (Fsp3) is 0.583. The van der Waals surface area contributed by atoms with Gasteiger partial charge in [-0.05, 0) is 31.7 Å². The summed E-state index contributed by atoms with van der Waals surface area (Å²) in [7, 11) is 0. The molecule has 1 aromatic rings. The number of nitrogens with zero attached hydrogens (tertiary/aromatic N) is 1. The number of hydrogen-bond acceptors (Lipinski definition) is 3. The van der Waals surface area contributed by atoms with E-state index >= 15 is 0 Å². The summed E-state index contributed by atoms with van der Waals surface area (Å²) in [6.45, 7) is 6.27. The topological polar surface area (TPSA) is 74.8 Å². The average molecular weight is 237 g/mol. The van der Waals surface area contributed by atoms with Crippen LogP contribution in [0.3, 0.4) is 0 Å². The second-order valence-corrected chi connectivity index (χ2v) is 4.65. The predicted octanol–water partition coefficient (Wildman–Crippen LogP) is 1.32. The van der Waals surface area contributed by atoms with Gasteiger partial charge in [0.15, 0.2) is 0 Å². The van der Waals surface area contributed by atoms with E-state index in [1.807, 2.05) is 6.92 Å². The van der Waals surface area contributed by atoms with Crippen molar-refractivity contribution in [1.29, 1.82) is 0 Å². The molecule has 17 heavy (non-hydrogen) atoms. The smallest absolute Gasteiger partial charge is 0.271 e. The van der Waals surface area contributed by atoms with E-state index in [1.54, 1.807) is 0 Å². The first-order valence-electron chi connectivity index (χ1n) is 5.85. The maximum atomic E-state index is 11.7. The van der Waals surface area contributed by atoms with Crippen molar-refractivity contribution in [3.63, 3.8) is 0 Å². The first kappa shape index (κ1) is 13.4. The lowest BCUT2D eigenvalue weighted by Gasteiger charge is -2.14. The Balaban J connectivity index is 2.48. The summed E-state index contributed by atoms with van der Waals surface area (Å²) < 4.78 is 0. The Kier molecular flexibility index (Phi) is 4.87.